The van der Waals surface area contributed by atoms with Crippen molar-refractivity contribution in [3.8, 4) is 5.75 Å². The summed E-state index contributed by atoms with van der Waals surface area (Å²) < 4.78 is 33.7. The SMILES string of the molecule is CCCCCN(CC(O)C(Cc1ccccc1)NC(=O)C(NC(C)=O)C(C)C)S(=O)(=O)c1ccc(OC)cc1. The van der Waals surface area contributed by atoms with Crippen molar-refractivity contribution in [1.29, 1.82) is 0 Å². The molecule has 2 aromatic rings. The maximum absolute atomic E-state index is 13.6. The van der Waals surface area contributed by atoms with Crippen molar-refractivity contribution in [2.75, 3.05) is 20.2 Å². The summed E-state index contributed by atoms with van der Waals surface area (Å²) in [5.74, 6) is -0.423. The highest BCUT2D eigenvalue weighted by atomic mass is 32.2. The highest BCUT2D eigenvalue weighted by molar-refractivity contribution is 7.89. The molecule has 0 aromatic heterocycles. The van der Waals surface area contributed by atoms with Gasteiger partial charge in [-0.05, 0) is 48.6 Å². The van der Waals surface area contributed by atoms with Crippen LogP contribution in [0.4, 0.5) is 0 Å². The first-order valence-electron chi connectivity index (χ1n) is 13.4. The molecule has 3 atom stereocenters. The van der Waals surface area contributed by atoms with E-state index in [0.717, 1.165) is 18.4 Å². The van der Waals surface area contributed by atoms with E-state index >= 15 is 0 Å². The summed E-state index contributed by atoms with van der Waals surface area (Å²) in [6.07, 6.45) is 1.44. The van der Waals surface area contributed by atoms with Crippen LogP contribution in [0.1, 0.15) is 52.5 Å². The second-order valence-electron chi connectivity index (χ2n) is 10.0. The van der Waals surface area contributed by atoms with Crippen molar-refractivity contribution in [1.82, 2.24) is 14.9 Å². The van der Waals surface area contributed by atoms with Crippen LogP contribution in [0.15, 0.2) is 59.5 Å². The van der Waals surface area contributed by atoms with Crippen molar-refractivity contribution in [2.24, 2.45) is 5.92 Å². The Hall–Kier alpha value is -2.95. The number of carbonyl (C=O) groups excluding carboxylic acids is 2. The Kier molecular flexibility index (Phi) is 12.9. The Morgan fingerprint density at radius 1 is 1.00 bits per heavy atom. The maximum atomic E-state index is 13.6. The third-order valence-corrected chi connectivity index (χ3v) is 8.38. The highest BCUT2D eigenvalue weighted by Gasteiger charge is 2.32. The Morgan fingerprint density at radius 2 is 1.64 bits per heavy atom. The fourth-order valence-corrected chi connectivity index (χ4v) is 5.75. The number of nitrogens with zero attached hydrogens (tertiary/aromatic N) is 1. The number of nitrogens with one attached hydrogen (secondary N) is 2. The van der Waals surface area contributed by atoms with Crippen LogP contribution in [-0.4, -0.2) is 68.0 Å². The number of amides is 2. The monoisotopic (exact) mass is 561 g/mol. The minimum atomic E-state index is -3.93. The van der Waals surface area contributed by atoms with Gasteiger partial charge >= 0.3 is 0 Å². The van der Waals surface area contributed by atoms with E-state index in [1.54, 1.807) is 12.1 Å². The molecule has 0 fully saturated rings. The first kappa shape index (κ1) is 32.3. The molecule has 2 rings (SSSR count). The molecular weight excluding hydrogens is 518 g/mol. The minimum absolute atomic E-state index is 0.0983. The van der Waals surface area contributed by atoms with Gasteiger partial charge < -0.3 is 20.5 Å². The lowest BCUT2D eigenvalue weighted by atomic mass is 9.98. The van der Waals surface area contributed by atoms with Crippen LogP contribution in [0.25, 0.3) is 0 Å². The Bertz CT molecular complexity index is 1140. The average molecular weight is 562 g/mol. The zero-order valence-corrected chi connectivity index (χ0v) is 24.4. The molecule has 9 nitrogen and oxygen atoms in total. The largest absolute Gasteiger partial charge is 0.497 e. The molecule has 39 heavy (non-hydrogen) atoms. The number of carbonyl (C=O) groups is 2. The minimum Gasteiger partial charge on any atom is -0.497 e. The normalized spacial score (nSPS) is 14.1. The van der Waals surface area contributed by atoms with E-state index in [-0.39, 0.29) is 36.2 Å². The molecule has 216 valence electrons. The quantitative estimate of drug-likeness (QED) is 0.271. The molecule has 10 heteroatoms. The van der Waals surface area contributed by atoms with Gasteiger partial charge in [-0.25, -0.2) is 8.42 Å². The molecule has 0 aliphatic carbocycles. The van der Waals surface area contributed by atoms with Gasteiger partial charge in [0, 0.05) is 20.0 Å². The molecular formula is C29H43N3O6S. The summed E-state index contributed by atoms with van der Waals surface area (Å²) in [6, 6.07) is 13.9. The number of benzene rings is 2. The molecule has 0 bridgehead atoms. The van der Waals surface area contributed by atoms with Crippen LogP contribution in [0, 0.1) is 5.92 Å². The second-order valence-corrected chi connectivity index (χ2v) is 12.0. The molecule has 0 spiro atoms. The van der Waals surface area contributed by atoms with Crippen LogP contribution in [0.2, 0.25) is 0 Å². The summed E-state index contributed by atoms with van der Waals surface area (Å²) in [5.41, 5.74) is 0.873. The number of methoxy groups -OCH3 is 1. The maximum Gasteiger partial charge on any atom is 0.243 e. The van der Waals surface area contributed by atoms with Gasteiger partial charge in [0.1, 0.15) is 11.8 Å². The first-order valence-corrected chi connectivity index (χ1v) is 14.9. The van der Waals surface area contributed by atoms with Gasteiger partial charge in [-0.15, -0.1) is 0 Å². The summed E-state index contributed by atoms with van der Waals surface area (Å²) >= 11 is 0. The Balaban J connectivity index is 2.36. The summed E-state index contributed by atoms with van der Waals surface area (Å²) in [5, 5.41) is 17.0. The average Bonchev–Trinajstić information content (AvgIpc) is 2.91. The lowest BCUT2D eigenvalue weighted by Crippen LogP contribution is -2.56. The lowest BCUT2D eigenvalue weighted by molar-refractivity contribution is -0.130. The molecule has 0 radical (unpaired) electrons. The van der Waals surface area contributed by atoms with Crippen molar-refractivity contribution in [2.45, 2.75) is 76.5 Å². The van der Waals surface area contributed by atoms with E-state index in [2.05, 4.69) is 10.6 Å². The van der Waals surface area contributed by atoms with E-state index in [0.29, 0.717) is 12.2 Å². The molecule has 2 aromatic carbocycles. The number of aliphatic hydroxyl groups excluding tert-OH is 1. The van der Waals surface area contributed by atoms with Gasteiger partial charge in [0.25, 0.3) is 0 Å². The molecule has 0 aliphatic rings. The van der Waals surface area contributed by atoms with Gasteiger partial charge in [-0.2, -0.15) is 4.31 Å². The van der Waals surface area contributed by atoms with E-state index < -0.39 is 34.1 Å². The smallest absolute Gasteiger partial charge is 0.243 e. The van der Waals surface area contributed by atoms with Crippen LogP contribution >= 0.6 is 0 Å². The molecule has 0 aliphatic heterocycles. The third-order valence-electron chi connectivity index (χ3n) is 6.50. The molecule has 0 saturated carbocycles. The number of aliphatic hydroxyl groups is 1. The summed E-state index contributed by atoms with van der Waals surface area (Å²) in [6.45, 7) is 7.04. The number of rotatable bonds is 16. The van der Waals surface area contributed by atoms with Crippen LogP contribution in [0.5, 0.6) is 5.75 Å². The predicted octanol–water partition coefficient (Wildman–Crippen LogP) is 3.13. The second kappa shape index (κ2) is 15.6. The molecule has 3 unspecified atom stereocenters. The van der Waals surface area contributed by atoms with Crippen molar-refractivity contribution >= 4 is 21.8 Å². The van der Waals surface area contributed by atoms with Gasteiger partial charge in [-0.3, -0.25) is 9.59 Å². The van der Waals surface area contributed by atoms with E-state index in [4.69, 9.17) is 4.74 Å². The van der Waals surface area contributed by atoms with Gasteiger partial charge in [0.05, 0.1) is 24.2 Å². The van der Waals surface area contributed by atoms with Gasteiger partial charge in [-0.1, -0.05) is 63.9 Å². The number of hydrogen-bond donors (Lipinski definition) is 3. The number of sulfonamides is 1. The van der Waals surface area contributed by atoms with Crippen molar-refractivity contribution < 1.29 is 27.9 Å². The van der Waals surface area contributed by atoms with Crippen LogP contribution in [-0.2, 0) is 26.0 Å². The standard InChI is InChI=1S/C29H43N3O6S/c1-6-7-11-18-32(39(36,37)25-16-14-24(38-5)15-17-25)20-27(34)26(19-23-12-9-8-10-13-23)31-29(35)28(21(2)3)30-22(4)33/h8-10,12-17,21,26-28,34H,6-7,11,18-20H2,1-5H3,(H,30,33)(H,31,35). The topological polar surface area (TPSA) is 125 Å². The first-order chi connectivity index (χ1) is 18.5. The molecule has 2 amide bonds. The predicted molar refractivity (Wildman–Crippen MR) is 152 cm³/mol. The third kappa shape index (κ3) is 9.94. The van der Waals surface area contributed by atoms with Crippen LogP contribution < -0.4 is 15.4 Å². The number of ether oxygens (including phenoxy) is 1. The van der Waals surface area contributed by atoms with Gasteiger partial charge in [0.15, 0.2) is 0 Å². The fourth-order valence-electron chi connectivity index (χ4n) is 4.26. The van der Waals surface area contributed by atoms with E-state index in [1.807, 2.05) is 51.1 Å². The van der Waals surface area contributed by atoms with Crippen molar-refractivity contribution in [3.63, 3.8) is 0 Å². The zero-order chi connectivity index (χ0) is 29.0. The van der Waals surface area contributed by atoms with Crippen molar-refractivity contribution in [3.05, 3.63) is 60.2 Å². The fraction of sp³-hybridized carbons (Fsp3) is 0.517. The Labute approximate surface area is 233 Å². The highest BCUT2D eigenvalue weighted by Crippen LogP contribution is 2.21. The molecule has 0 heterocycles. The van der Waals surface area contributed by atoms with E-state index in [9.17, 15) is 23.1 Å². The lowest BCUT2D eigenvalue weighted by Gasteiger charge is -2.31. The number of hydrogen-bond acceptors (Lipinski definition) is 6. The molecule has 0 saturated heterocycles. The van der Waals surface area contributed by atoms with Gasteiger partial charge in [0.2, 0.25) is 21.8 Å². The van der Waals surface area contributed by atoms with E-state index in [1.165, 1.54) is 30.5 Å². The van der Waals surface area contributed by atoms with Crippen LogP contribution in [0.3, 0.4) is 0 Å². The Morgan fingerprint density at radius 3 is 2.18 bits per heavy atom. The summed E-state index contributed by atoms with van der Waals surface area (Å²) in [4.78, 5) is 25.0. The number of unbranched alkanes of at least 4 members (excludes halogenated alkanes) is 2. The summed E-state index contributed by atoms with van der Waals surface area (Å²) in [7, 11) is -2.43. The zero-order valence-electron chi connectivity index (χ0n) is 23.6. The molecule has 3 N–H and O–H groups in total.